The standard InChI is InChI=1S/C20H17F4NO4/c1-3-19(9-28-11(2)26)10-29-17-14(19)8-15(18(27)20(22,23)24)25-16(17)12-4-6-13(21)7-5-12/h4-8H,3,9-10H2,1-2H3. The molecule has 1 aromatic carbocycles. The number of pyridine rings is 1. The van der Waals surface area contributed by atoms with Crippen molar-refractivity contribution in [2.45, 2.75) is 31.9 Å². The molecule has 1 aromatic heterocycles. The molecule has 0 N–H and O–H groups in total. The number of hydrogen-bond acceptors (Lipinski definition) is 5. The van der Waals surface area contributed by atoms with Crippen LogP contribution in [0.3, 0.4) is 0 Å². The quantitative estimate of drug-likeness (QED) is 0.418. The maximum atomic E-state index is 13.3. The third-order valence-electron chi connectivity index (χ3n) is 4.87. The van der Waals surface area contributed by atoms with E-state index < -0.39 is 34.9 Å². The lowest BCUT2D eigenvalue weighted by Gasteiger charge is -2.26. The molecule has 3 rings (SSSR count). The topological polar surface area (TPSA) is 65.5 Å². The summed E-state index contributed by atoms with van der Waals surface area (Å²) < 4.78 is 63.3. The van der Waals surface area contributed by atoms with E-state index in [0.29, 0.717) is 17.5 Å². The van der Waals surface area contributed by atoms with Crippen LogP contribution in [0, 0.1) is 5.82 Å². The number of aromatic nitrogens is 1. The van der Waals surface area contributed by atoms with Crippen LogP contribution in [0.1, 0.15) is 36.3 Å². The molecule has 0 aliphatic carbocycles. The van der Waals surface area contributed by atoms with Gasteiger partial charge in [0.1, 0.15) is 36.2 Å². The number of fused-ring (bicyclic) bond motifs is 1. The van der Waals surface area contributed by atoms with Gasteiger partial charge in [-0.1, -0.05) is 6.92 Å². The maximum Gasteiger partial charge on any atom is 0.456 e. The van der Waals surface area contributed by atoms with Crippen molar-refractivity contribution in [1.82, 2.24) is 4.98 Å². The van der Waals surface area contributed by atoms with Crippen LogP contribution in [0.15, 0.2) is 30.3 Å². The molecule has 0 saturated heterocycles. The average molecular weight is 411 g/mol. The van der Waals surface area contributed by atoms with E-state index in [1.54, 1.807) is 6.92 Å². The highest BCUT2D eigenvalue weighted by Crippen LogP contribution is 2.46. The number of hydrogen-bond donors (Lipinski definition) is 0. The molecule has 0 fully saturated rings. The van der Waals surface area contributed by atoms with Gasteiger partial charge in [-0.05, 0) is 36.8 Å². The Kier molecular flexibility index (Phi) is 5.34. The number of rotatable bonds is 5. The van der Waals surface area contributed by atoms with Crippen LogP contribution in [0.25, 0.3) is 11.3 Å². The zero-order valence-electron chi connectivity index (χ0n) is 15.6. The van der Waals surface area contributed by atoms with Gasteiger partial charge in [-0.3, -0.25) is 9.59 Å². The van der Waals surface area contributed by atoms with Crippen molar-refractivity contribution in [2.75, 3.05) is 13.2 Å². The first-order valence-electron chi connectivity index (χ1n) is 8.76. The molecule has 154 valence electrons. The molecule has 2 aromatic rings. The molecule has 5 nitrogen and oxygen atoms in total. The number of ketones is 1. The van der Waals surface area contributed by atoms with Crippen molar-refractivity contribution >= 4 is 11.8 Å². The number of esters is 1. The van der Waals surface area contributed by atoms with E-state index in [1.165, 1.54) is 19.1 Å². The van der Waals surface area contributed by atoms with Crippen LogP contribution in [0.5, 0.6) is 5.75 Å². The second-order valence-electron chi connectivity index (χ2n) is 6.77. The largest absolute Gasteiger partial charge is 0.490 e. The first-order chi connectivity index (χ1) is 13.6. The SMILES string of the molecule is CCC1(COC(C)=O)COc2c1cc(C(=O)C(F)(F)F)nc2-c1ccc(F)cc1. The molecule has 0 amide bonds. The van der Waals surface area contributed by atoms with Crippen molar-refractivity contribution in [2.24, 2.45) is 0 Å². The lowest BCUT2D eigenvalue weighted by Crippen LogP contribution is -2.34. The minimum absolute atomic E-state index is 0.00625. The number of carbonyl (C=O) groups excluding carboxylic acids is 2. The highest BCUT2D eigenvalue weighted by Gasteiger charge is 2.46. The smallest absolute Gasteiger partial charge is 0.456 e. The van der Waals surface area contributed by atoms with Gasteiger partial charge in [0.05, 0.1) is 5.41 Å². The Morgan fingerprint density at radius 2 is 1.90 bits per heavy atom. The molecular formula is C20H17F4NO4. The Morgan fingerprint density at radius 1 is 1.24 bits per heavy atom. The van der Waals surface area contributed by atoms with E-state index in [2.05, 4.69) is 4.98 Å². The minimum atomic E-state index is -5.12. The first kappa shape index (κ1) is 20.8. The maximum absolute atomic E-state index is 13.3. The Morgan fingerprint density at radius 3 is 2.45 bits per heavy atom. The van der Waals surface area contributed by atoms with Gasteiger partial charge in [-0.25, -0.2) is 9.37 Å². The Labute approximate surface area is 163 Å². The van der Waals surface area contributed by atoms with Crippen molar-refractivity contribution in [3.8, 4) is 17.0 Å². The summed E-state index contributed by atoms with van der Waals surface area (Å²) in [6.07, 6.45) is -4.74. The van der Waals surface area contributed by atoms with Crippen molar-refractivity contribution in [3.05, 3.63) is 47.4 Å². The Bertz CT molecular complexity index is 956. The normalized spacial score (nSPS) is 18.1. The zero-order valence-corrected chi connectivity index (χ0v) is 15.6. The molecule has 2 heterocycles. The summed E-state index contributed by atoms with van der Waals surface area (Å²) >= 11 is 0. The monoisotopic (exact) mass is 411 g/mol. The van der Waals surface area contributed by atoms with Gasteiger partial charge in [0.25, 0.3) is 5.78 Å². The molecule has 1 atom stereocenters. The van der Waals surface area contributed by atoms with E-state index in [4.69, 9.17) is 9.47 Å². The molecule has 1 aliphatic heterocycles. The minimum Gasteiger partial charge on any atom is -0.490 e. The van der Waals surface area contributed by atoms with Gasteiger partial charge < -0.3 is 9.47 Å². The lowest BCUT2D eigenvalue weighted by molar-refractivity contribution is -0.143. The number of halogens is 4. The van der Waals surface area contributed by atoms with Crippen LogP contribution in [0.4, 0.5) is 17.6 Å². The average Bonchev–Trinajstić information content (AvgIpc) is 3.04. The number of Topliss-reactive ketones (excluding diaryl/α,β-unsaturated/α-hetero) is 1. The lowest BCUT2D eigenvalue weighted by atomic mass is 9.80. The summed E-state index contributed by atoms with van der Waals surface area (Å²) in [5, 5.41) is 0. The van der Waals surface area contributed by atoms with E-state index >= 15 is 0 Å². The van der Waals surface area contributed by atoms with Gasteiger partial charge in [0, 0.05) is 18.1 Å². The summed E-state index contributed by atoms with van der Waals surface area (Å²) in [6, 6.07) is 5.96. The fourth-order valence-electron chi connectivity index (χ4n) is 3.18. The second-order valence-corrected chi connectivity index (χ2v) is 6.77. The molecule has 29 heavy (non-hydrogen) atoms. The van der Waals surface area contributed by atoms with Gasteiger partial charge in [-0.2, -0.15) is 13.2 Å². The first-order valence-corrected chi connectivity index (χ1v) is 8.76. The summed E-state index contributed by atoms with van der Waals surface area (Å²) in [5.74, 6) is -3.00. The highest BCUT2D eigenvalue weighted by molar-refractivity contribution is 5.99. The van der Waals surface area contributed by atoms with E-state index in [0.717, 1.165) is 18.2 Å². The fourth-order valence-corrected chi connectivity index (χ4v) is 3.18. The Hall–Kier alpha value is -2.97. The summed E-state index contributed by atoms with van der Waals surface area (Å²) in [7, 11) is 0. The number of nitrogens with zero attached hydrogens (tertiary/aromatic N) is 1. The van der Waals surface area contributed by atoms with Gasteiger partial charge in [0.2, 0.25) is 0 Å². The second kappa shape index (κ2) is 7.46. The number of carbonyl (C=O) groups is 2. The van der Waals surface area contributed by atoms with Crippen LogP contribution in [0.2, 0.25) is 0 Å². The summed E-state index contributed by atoms with van der Waals surface area (Å²) in [6.45, 7) is 2.89. The van der Waals surface area contributed by atoms with Crippen molar-refractivity contribution in [3.63, 3.8) is 0 Å². The summed E-state index contributed by atoms with van der Waals surface area (Å²) in [5.41, 5.74) is -1.16. The van der Waals surface area contributed by atoms with Gasteiger partial charge in [0.15, 0.2) is 0 Å². The van der Waals surface area contributed by atoms with E-state index in [1.807, 2.05) is 0 Å². The molecule has 0 radical (unpaired) electrons. The molecule has 0 saturated carbocycles. The molecule has 9 heteroatoms. The third kappa shape index (κ3) is 3.94. The number of alkyl halides is 3. The predicted octanol–water partition coefficient (Wildman–Crippen LogP) is 4.24. The fraction of sp³-hybridized carbons (Fsp3) is 0.350. The van der Waals surface area contributed by atoms with E-state index in [9.17, 15) is 27.2 Å². The number of ether oxygens (including phenoxy) is 2. The van der Waals surface area contributed by atoms with Crippen molar-refractivity contribution in [1.29, 1.82) is 0 Å². The molecule has 0 bridgehead atoms. The third-order valence-corrected chi connectivity index (χ3v) is 4.87. The Balaban J connectivity index is 2.21. The molecule has 1 aliphatic rings. The molecule has 1 unspecified atom stereocenters. The molecule has 0 spiro atoms. The highest BCUT2D eigenvalue weighted by atomic mass is 19.4. The van der Waals surface area contributed by atoms with Crippen LogP contribution in [-0.2, 0) is 14.9 Å². The van der Waals surface area contributed by atoms with Crippen LogP contribution < -0.4 is 4.74 Å². The van der Waals surface area contributed by atoms with Crippen LogP contribution >= 0.6 is 0 Å². The van der Waals surface area contributed by atoms with E-state index in [-0.39, 0.29) is 24.7 Å². The molecular weight excluding hydrogens is 394 g/mol. The van der Waals surface area contributed by atoms with Crippen molar-refractivity contribution < 1.29 is 36.6 Å². The zero-order chi connectivity index (χ0) is 21.4. The summed E-state index contributed by atoms with van der Waals surface area (Å²) in [4.78, 5) is 27.1. The predicted molar refractivity (Wildman–Crippen MR) is 94.1 cm³/mol. The van der Waals surface area contributed by atoms with Gasteiger partial charge in [-0.15, -0.1) is 0 Å². The number of benzene rings is 1. The van der Waals surface area contributed by atoms with Crippen LogP contribution in [-0.4, -0.2) is 36.1 Å². The van der Waals surface area contributed by atoms with Gasteiger partial charge >= 0.3 is 12.1 Å².